The third-order valence-electron chi connectivity index (χ3n) is 7.76. The van der Waals surface area contributed by atoms with E-state index in [9.17, 15) is 34.2 Å². The van der Waals surface area contributed by atoms with Crippen molar-refractivity contribution in [3.63, 3.8) is 0 Å². The number of aliphatic imine (C=N–C) groups is 1. The Morgan fingerprint density at radius 1 is 0.729 bits per heavy atom. The minimum absolute atomic E-state index is 0.0163. The fraction of sp³-hybridized carbons (Fsp3) is 0.312. The summed E-state index contributed by atoms with van der Waals surface area (Å²) in [6.45, 7) is 0.135. The number of hydrogen-bond donors (Lipinski definition) is 10. The first kappa shape index (κ1) is 35.0. The molecule has 0 aliphatic heterocycles. The van der Waals surface area contributed by atoms with Crippen molar-refractivity contribution in [1.82, 2.24) is 25.9 Å². The zero-order valence-electron chi connectivity index (χ0n) is 25.9. The SMILES string of the molecule is NC(N)=NCCCC(NC(=O)C(Cc1c[nH]c2ccccc12)NC(=O)C(CC(=O)O)NC(=O)C(N)Cc1c[nH]c2ccccc12)C(=O)O. The molecule has 16 heteroatoms. The summed E-state index contributed by atoms with van der Waals surface area (Å²) in [7, 11) is 0. The van der Waals surface area contributed by atoms with Crippen LogP contribution in [0.5, 0.6) is 0 Å². The van der Waals surface area contributed by atoms with Gasteiger partial charge in [0, 0.05) is 47.2 Å². The summed E-state index contributed by atoms with van der Waals surface area (Å²) < 4.78 is 0. The average Bonchev–Trinajstić information content (AvgIpc) is 3.65. The summed E-state index contributed by atoms with van der Waals surface area (Å²) in [5.74, 6) is -5.43. The fourth-order valence-electron chi connectivity index (χ4n) is 5.33. The van der Waals surface area contributed by atoms with Crippen molar-refractivity contribution in [2.45, 2.75) is 56.3 Å². The Balaban J connectivity index is 1.52. The van der Waals surface area contributed by atoms with Crippen LogP contribution in [0.1, 0.15) is 30.4 Å². The molecule has 3 amide bonds. The van der Waals surface area contributed by atoms with E-state index in [-0.39, 0.29) is 38.2 Å². The van der Waals surface area contributed by atoms with Gasteiger partial charge in [0.05, 0.1) is 12.5 Å². The lowest BCUT2D eigenvalue weighted by Crippen LogP contribution is -2.58. The van der Waals surface area contributed by atoms with E-state index in [0.29, 0.717) is 5.56 Å². The molecule has 0 bridgehead atoms. The molecule has 0 radical (unpaired) electrons. The molecule has 4 aromatic rings. The molecule has 2 heterocycles. The first-order chi connectivity index (χ1) is 22.9. The average molecular weight is 662 g/mol. The van der Waals surface area contributed by atoms with Crippen molar-refractivity contribution in [2.24, 2.45) is 22.2 Å². The van der Waals surface area contributed by atoms with E-state index < -0.39 is 60.2 Å². The quantitative estimate of drug-likeness (QED) is 0.0405. The number of amides is 3. The third-order valence-corrected chi connectivity index (χ3v) is 7.76. The van der Waals surface area contributed by atoms with Crippen LogP contribution < -0.4 is 33.2 Å². The molecule has 0 aliphatic carbocycles. The number of fused-ring (bicyclic) bond motifs is 2. The van der Waals surface area contributed by atoms with Crippen LogP contribution in [0.15, 0.2) is 65.9 Å². The number of rotatable bonds is 17. The Labute approximate surface area is 274 Å². The predicted octanol–water partition coefficient (Wildman–Crippen LogP) is -0.171. The first-order valence-corrected chi connectivity index (χ1v) is 15.2. The molecule has 48 heavy (non-hydrogen) atoms. The number of hydrogen-bond acceptors (Lipinski definition) is 7. The maximum atomic E-state index is 13.6. The zero-order valence-corrected chi connectivity index (χ0v) is 25.9. The van der Waals surface area contributed by atoms with Crippen LogP contribution in [-0.4, -0.2) is 86.5 Å². The van der Waals surface area contributed by atoms with Crippen LogP contribution in [0.25, 0.3) is 21.8 Å². The summed E-state index contributed by atoms with van der Waals surface area (Å²) in [5.41, 5.74) is 19.8. The Bertz CT molecular complexity index is 1810. The number of nitrogens with zero attached hydrogens (tertiary/aromatic N) is 1. The Morgan fingerprint density at radius 2 is 1.25 bits per heavy atom. The number of H-pyrrole nitrogens is 2. The number of para-hydroxylation sites is 2. The van der Waals surface area contributed by atoms with Crippen LogP contribution >= 0.6 is 0 Å². The molecule has 2 aromatic carbocycles. The number of benzene rings is 2. The number of aliphatic carboxylic acids is 2. The smallest absolute Gasteiger partial charge is 0.326 e. The summed E-state index contributed by atoms with van der Waals surface area (Å²) >= 11 is 0. The van der Waals surface area contributed by atoms with Crippen molar-refractivity contribution < 1.29 is 34.2 Å². The molecule has 4 atom stereocenters. The van der Waals surface area contributed by atoms with Crippen LogP contribution in [0.3, 0.4) is 0 Å². The lowest BCUT2D eigenvalue weighted by molar-refractivity contribution is -0.143. The van der Waals surface area contributed by atoms with Gasteiger partial charge in [0.2, 0.25) is 17.7 Å². The highest BCUT2D eigenvalue weighted by Crippen LogP contribution is 2.20. The lowest BCUT2D eigenvalue weighted by Gasteiger charge is -2.24. The lowest BCUT2D eigenvalue weighted by atomic mass is 10.0. The maximum absolute atomic E-state index is 13.6. The number of nitrogens with two attached hydrogens (primary N) is 3. The van der Waals surface area contributed by atoms with Crippen molar-refractivity contribution in [1.29, 1.82) is 0 Å². The van der Waals surface area contributed by atoms with Gasteiger partial charge in [0.1, 0.15) is 18.1 Å². The van der Waals surface area contributed by atoms with Gasteiger partial charge in [-0.3, -0.25) is 24.2 Å². The van der Waals surface area contributed by atoms with E-state index in [0.717, 1.165) is 27.4 Å². The number of carbonyl (C=O) groups is 5. The molecule has 16 nitrogen and oxygen atoms in total. The maximum Gasteiger partial charge on any atom is 0.326 e. The number of aromatic amines is 2. The Morgan fingerprint density at radius 3 is 1.81 bits per heavy atom. The highest BCUT2D eigenvalue weighted by molar-refractivity contribution is 5.96. The second-order valence-electron chi connectivity index (χ2n) is 11.3. The second-order valence-corrected chi connectivity index (χ2v) is 11.3. The van der Waals surface area contributed by atoms with E-state index in [4.69, 9.17) is 17.2 Å². The molecular formula is C32H39N9O7. The molecule has 0 aliphatic rings. The Kier molecular flexibility index (Phi) is 11.7. The molecule has 4 rings (SSSR count). The molecule has 0 saturated heterocycles. The summed E-state index contributed by atoms with van der Waals surface area (Å²) in [6, 6.07) is 9.24. The molecule has 13 N–H and O–H groups in total. The second kappa shape index (κ2) is 16.1. The van der Waals surface area contributed by atoms with Crippen molar-refractivity contribution >= 4 is 57.4 Å². The number of carboxylic acid groups (broad SMARTS) is 2. The minimum Gasteiger partial charge on any atom is -0.481 e. The van der Waals surface area contributed by atoms with Gasteiger partial charge in [-0.1, -0.05) is 36.4 Å². The van der Waals surface area contributed by atoms with Gasteiger partial charge in [-0.05, 0) is 42.5 Å². The monoisotopic (exact) mass is 661 g/mol. The molecule has 4 unspecified atom stereocenters. The summed E-state index contributed by atoms with van der Waals surface area (Å²) in [4.78, 5) is 73.9. The number of guanidine groups is 1. The first-order valence-electron chi connectivity index (χ1n) is 15.2. The van der Waals surface area contributed by atoms with E-state index >= 15 is 0 Å². The highest BCUT2D eigenvalue weighted by atomic mass is 16.4. The van der Waals surface area contributed by atoms with Gasteiger partial charge in [0.25, 0.3) is 0 Å². The van der Waals surface area contributed by atoms with Gasteiger partial charge < -0.3 is 53.3 Å². The molecule has 0 saturated carbocycles. The number of carbonyl (C=O) groups excluding carboxylic acids is 3. The largest absolute Gasteiger partial charge is 0.481 e. The molecule has 0 fully saturated rings. The third kappa shape index (κ3) is 9.32. The van der Waals surface area contributed by atoms with Gasteiger partial charge >= 0.3 is 11.9 Å². The molecular weight excluding hydrogens is 622 g/mol. The van der Waals surface area contributed by atoms with E-state index in [1.807, 2.05) is 42.5 Å². The van der Waals surface area contributed by atoms with Gasteiger partial charge in [-0.25, -0.2) is 4.79 Å². The normalized spacial score (nSPS) is 13.6. The zero-order chi connectivity index (χ0) is 34.8. The minimum atomic E-state index is -1.60. The number of carboxylic acids is 2. The van der Waals surface area contributed by atoms with Crippen LogP contribution in [0, 0.1) is 0 Å². The highest BCUT2D eigenvalue weighted by Gasteiger charge is 2.32. The van der Waals surface area contributed by atoms with Crippen molar-refractivity contribution in [2.75, 3.05) is 6.54 Å². The Hall–Kier alpha value is -5.90. The number of nitrogens with one attached hydrogen (secondary N) is 5. The van der Waals surface area contributed by atoms with E-state index in [2.05, 4.69) is 30.9 Å². The molecule has 2 aromatic heterocycles. The van der Waals surface area contributed by atoms with Crippen LogP contribution in [-0.2, 0) is 36.8 Å². The fourth-order valence-corrected chi connectivity index (χ4v) is 5.33. The van der Waals surface area contributed by atoms with Crippen LogP contribution in [0.4, 0.5) is 0 Å². The van der Waals surface area contributed by atoms with E-state index in [1.54, 1.807) is 18.5 Å². The predicted molar refractivity (Wildman–Crippen MR) is 178 cm³/mol. The van der Waals surface area contributed by atoms with Gasteiger partial charge in [-0.2, -0.15) is 0 Å². The number of aromatic nitrogens is 2. The summed E-state index contributed by atoms with van der Waals surface area (Å²) in [5, 5.41) is 28.3. The standard InChI is InChI=1S/C32H39N9O7/c33-21(12-17-15-37-22-8-3-1-6-19(17)22)28(44)40-26(14-27(42)43)30(46)41-25(13-18-16-38-23-9-4-2-7-20(18)23)29(45)39-24(31(47)48)10-5-11-36-32(34)35/h1-4,6-9,15-16,21,24-26,37-38H,5,10-14,33H2,(H,39,45)(H,40,44)(H,41,46)(H,42,43)(H,47,48)(H4,34,35,36). The molecule has 0 spiro atoms. The van der Waals surface area contributed by atoms with Gasteiger partial charge in [0.15, 0.2) is 5.96 Å². The van der Waals surface area contributed by atoms with Gasteiger partial charge in [-0.15, -0.1) is 0 Å². The molecule has 254 valence electrons. The topological polar surface area (TPSA) is 284 Å². The van der Waals surface area contributed by atoms with Crippen molar-refractivity contribution in [3.05, 3.63) is 72.1 Å². The van der Waals surface area contributed by atoms with Crippen LogP contribution in [0.2, 0.25) is 0 Å². The van der Waals surface area contributed by atoms with Crippen molar-refractivity contribution in [3.8, 4) is 0 Å². The van der Waals surface area contributed by atoms with E-state index in [1.165, 1.54) is 0 Å². The summed E-state index contributed by atoms with van der Waals surface area (Å²) in [6.07, 6.45) is 2.80.